The first-order valence-corrected chi connectivity index (χ1v) is 11.3. The second-order valence-corrected chi connectivity index (χ2v) is 9.36. The first kappa shape index (κ1) is 19.2. The number of hydrogen-bond acceptors (Lipinski definition) is 6. The molecule has 0 unspecified atom stereocenters. The molecule has 7 heteroatoms. The van der Waals surface area contributed by atoms with Gasteiger partial charge < -0.3 is 10.2 Å². The summed E-state index contributed by atoms with van der Waals surface area (Å²) in [5.41, 5.74) is 1.37. The molecule has 1 aromatic carbocycles. The van der Waals surface area contributed by atoms with Crippen LogP contribution >= 0.6 is 23.1 Å². The molecule has 0 aliphatic heterocycles. The normalized spacial score (nSPS) is 14.1. The van der Waals surface area contributed by atoms with Crippen LogP contribution in [-0.4, -0.2) is 40.9 Å². The lowest BCUT2D eigenvalue weighted by atomic mass is 10.1. The summed E-state index contributed by atoms with van der Waals surface area (Å²) in [6.07, 6.45) is 3.38. The van der Waals surface area contributed by atoms with Gasteiger partial charge in [0, 0.05) is 23.9 Å². The number of nitrogens with zero attached hydrogens (tertiary/aromatic N) is 3. The highest BCUT2D eigenvalue weighted by molar-refractivity contribution is 7.98. The molecule has 0 bridgehead atoms. The Balaban J connectivity index is 1.67. The van der Waals surface area contributed by atoms with Gasteiger partial charge in [-0.3, -0.25) is 4.79 Å². The van der Waals surface area contributed by atoms with Crippen LogP contribution in [0.2, 0.25) is 0 Å². The molecule has 1 atom stereocenters. The van der Waals surface area contributed by atoms with E-state index < -0.39 is 0 Å². The fraction of sp³-hybridized carbons (Fsp3) is 0.381. The van der Waals surface area contributed by atoms with Crippen molar-refractivity contribution in [3.63, 3.8) is 0 Å². The summed E-state index contributed by atoms with van der Waals surface area (Å²) < 4.78 is 0. The second-order valence-electron chi connectivity index (χ2n) is 7.23. The summed E-state index contributed by atoms with van der Waals surface area (Å²) in [5.74, 6) is 2.34. The van der Waals surface area contributed by atoms with E-state index in [0.717, 1.165) is 34.7 Å². The number of thioether (sulfide) groups is 1. The van der Waals surface area contributed by atoms with Crippen LogP contribution in [0.25, 0.3) is 10.2 Å². The molecule has 28 heavy (non-hydrogen) atoms. The number of benzene rings is 1. The van der Waals surface area contributed by atoms with Gasteiger partial charge in [-0.25, -0.2) is 9.97 Å². The quantitative estimate of drug-likeness (QED) is 0.610. The van der Waals surface area contributed by atoms with Gasteiger partial charge in [0.25, 0.3) is 0 Å². The SMILES string of the molecule is C[C@H](Nc1nc(CSc2ccccc2)nc2sc3c(c12)CCC3)C(=O)N(C)C. The molecule has 1 aliphatic rings. The van der Waals surface area contributed by atoms with E-state index >= 15 is 0 Å². The number of likely N-dealkylation sites (N-methyl/N-ethyl adjacent to an activating group) is 1. The number of fused-ring (bicyclic) bond motifs is 3. The average Bonchev–Trinajstić information content (AvgIpc) is 3.27. The van der Waals surface area contributed by atoms with E-state index in [2.05, 4.69) is 17.4 Å². The number of anilines is 1. The van der Waals surface area contributed by atoms with Gasteiger partial charge in [0.05, 0.1) is 11.1 Å². The van der Waals surface area contributed by atoms with E-state index in [1.807, 2.05) is 25.1 Å². The molecule has 1 amide bonds. The minimum atomic E-state index is -0.334. The Morgan fingerprint density at radius 1 is 1.25 bits per heavy atom. The minimum Gasteiger partial charge on any atom is -0.358 e. The van der Waals surface area contributed by atoms with Crippen molar-refractivity contribution in [3.8, 4) is 0 Å². The maximum absolute atomic E-state index is 12.4. The first-order chi connectivity index (χ1) is 13.5. The van der Waals surface area contributed by atoms with Gasteiger partial charge in [-0.1, -0.05) is 18.2 Å². The maximum atomic E-state index is 12.4. The summed E-state index contributed by atoms with van der Waals surface area (Å²) >= 11 is 3.51. The van der Waals surface area contributed by atoms with Gasteiger partial charge in [0.15, 0.2) is 0 Å². The van der Waals surface area contributed by atoms with Crippen molar-refractivity contribution in [1.29, 1.82) is 0 Å². The summed E-state index contributed by atoms with van der Waals surface area (Å²) in [4.78, 5) is 27.3. The number of nitrogens with one attached hydrogen (secondary N) is 1. The molecular weight excluding hydrogens is 388 g/mol. The number of aromatic nitrogens is 2. The van der Waals surface area contributed by atoms with Crippen LogP contribution in [0.4, 0.5) is 5.82 Å². The predicted octanol–water partition coefficient (Wildman–Crippen LogP) is 4.36. The van der Waals surface area contributed by atoms with E-state index in [9.17, 15) is 4.79 Å². The summed E-state index contributed by atoms with van der Waals surface area (Å²) in [5, 5.41) is 4.49. The molecule has 146 valence electrons. The average molecular weight is 413 g/mol. The van der Waals surface area contributed by atoms with Crippen molar-refractivity contribution in [2.24, 2.45) is 0 Å². The number of thiophene rings is 1. The molecule has 2 heterocycles. The number of carbonyl (C=O) groups is 1. The lowest BCUT2D eigenvalue weighted by molar-refractivity contribution is -0.129. The van der Waals surface area contributed by atoms with Crippen LogP contribution in [0.5, 0.6) is 0 Å². The van der Waals surface area contributed by atoms with Crippen LogP contribution < -0.4 is 5.32 Å². The van der Waals surface area contributed by atoms with E-state index in [1.165, 1.54) is 21.8 Å². The third-order valence-corrected chi connectivity index (χ3v) is 7.08. The molecule has 4 rings (SSSR count). The Morgan fingerprint density at radius 2 is 2.04 bits per heavy atom. The Bertz CT molecular complexity index is 1000. The smallest absolute Gasteiger partial charge is 0.244 e. The van der Waals surface area contributed by atoms with Crippen molar-refractivity contribution in [1.82, 2.24) is 14.9 Å². The minimum absolute atomic E-state index is 0.0406. The van der Waals surface area contributed by atoms with Crippen LogP contribution in [0.1, 0.15) is 29.6 Å². The number of carbonyl (C=O) groups excluding carboxylic acids is 1. The molecule has 1 aliphatic carbocycles. The molecule has 2 aromatic heterocycles. The predicted molar refractivity (Wildman–Crippen MR) is 117 cm³/mol. The maximum Gasteiger partial charge on any atom is 0.244 e. The first-order valence-electron chi connectivity index (χ1n) is 9.49. The van der Waals surface area contributed by atoms with Gasteiger partial charge in [-0.05, 0) is 43.9 Å². The van der Waals surface area contributed by atoms with Crippen molar-refractivity contribution in [3.05, 3.63) is 46.6 Å². The van der Waals surface area contributed by atoms with Crippen LogP contribution in [0, 0.1) is 0 Å². The number of amides is 1. The summed E-state index contributed by atoms with van der Waals surface area (Å²) in [7, 11) is 3.56. The Labute approximate surface area is 173 Å². The fourth-order valence-electron chi connectivity index (χ4n) is 3.53. The topological polar surface area (TPSA) is 58.1 Å². The molecule has 0 fully saturated rings. The van der Waals surface area contributed by atoms with Gasteiger partial charge in [0.2, 0.25) is 5.91 Å². The Hall–Kier alpha value is -2.12. The van der Waals surface area contributed by atoms with E-state index in [1.54, 1.807) is 42.1 Å². The lowest BCUT2D eigenvalue weighted by Gasteiger charge is -2.19. The zero-order chi connectivity index (χ0) is 19.7. The van der Waals surface area contributed by atoms with Crippen molar-refractivity contribution >= 4 is 45.0 Å². The monoisotopic (exact) mass is 412 g/mol. The molecule has 1 N–H and O–H groups in total. The van der Waals surface area contributed by atoms with Crippen molar-refractivity contribution < 1.29 is 4.79 Å². The number of hydrogen-bond donors (Lipinski definition) is 1. The Kier molecular flexibility index (Phi) is 5.55. The number of rotatable bonds is 6. The fourth-order valence-corrected chi connectivity index (χ4v) is 5.58. The second kappa shape index (κ2) is 8.09. The molecule has 5 nitrogen and oxygen atoms in total. The van der Waals surface area contributed by atoms with E-state index in [4.69, 9.17) is 9.97 Å². The highest BCUT2D eigenvalue weighted by Gasteiger charge is 2.24. The summed E-state index contributed by atoms with van der Waals surface area (Å²) in [6, 6.07) is 9.96. The zero-order valence-electron chi connectivity index (χ0n) is 16.4. The standard InChI is InChI=1S/C21H24N4OS2/c1-13(21(26)25(2)3)22-19-18-15-10-7-11-16(15)28-20(18)24-17(23-19)12-27-14-8-5-4-6-9-14/h4-6,8-9,13H,7,10-12H2,1-3H3,(H,22,23,24)/t13-/m0/s1. The number of aryl methyl sites for hydroxylation is 2. The van der Waals surface area contributed by atoms with Gasteiger partial charge in [-0.15, -0.1) is 23.1 Å². The Morgan fingerprint density at radius 3 is 2.79 bits per heavy atom. The third-order valence-electron chi connectivity index (χ3n) is 4.89. The van der Waals surface area contributed by atoms with E-state index in [0.29, 0.717) is 5.75 Å². The van der Waals surface area contributed by atoms with Gasteiger partial charge in [0.1, 0.15) is 22.5 Å². The van der Waals surface area contributed by atoms with Crippen molar-refractivity contribution in [2.45, 2.75) is 42.9 Å². The van der Waals surface area contributed by atoms with Crippen LogP contribution in [-0.2, 0) is 23.4 Å². The van der Waals surface area contributed by atoms with Gasteiger partial charge >= 0.3 is 0 Å². The highest BCUT2D eigenvalue weighted by atomic mass is 32.2. The third kappa shape index (κ3) is 3.86. The van der Waals surface area contributed by atoms with Crippen LogP contribution in [0.3, 0.4) is 0 Å². The van der Waals surface area contributed by atoms with E-state index in [-0.39, 0.29) is 11.9 Å². The zero-order valence-corrected chi connectivity index (χ0v) is 18.0. The van der Waals surface area contributed by atoms with Crippen molar-refractivity contribution in [2.75, 3.05) is 19.4 Å². The molecule has 0 radical (unpaired) electrons. The molecule has 0 spiro atoms. The molecule has 0 saturated heterocycles. The molecule has 0 saturated carbocycles. The lowest BCUT2D eigenvalue weighted by Crippen LogP contribution is -2.37. The van der Waals surface area contributed by atoms with Gasteiger partial charge in [-0.2, -0.15) is 0 Å². The molecular formula is C21H24N4OS2. The largest absolute Gasteiger partial charge is 0.358 e. The van der Waals surface area contributed by atoms with Crippen LogP contribution in [0.15, 0.2) is 35.2 Å². The highest BCUT2D eigenvalue weighted by Crippen LogP contribution is 2.40. The summed E-state index contributed by atoms with van der Waals surface area (Å²) in [6.45, 7) is 1.89. The molecule has 3 aromatic rings.